The number of amides is 1. The summed E-state index contributed by atoms with van der Waals surface area (Å²) in [5.41, 5.74) is 0. The van der Waals surface area contributed by atoms with E-state index in [0.717, 1.165) is 19.4 Å². The SMILES string of the molecule is CN(C)C(=O)CCCC[N+](C)C. The number of carbonyl (C=O) groups is 1. The largest absolute Gasteiger partial charge is 0.349 e. The predicted octanol–water partition coefficient (Wildman–Crippen LogP) is 0.645. The summed E-state index contributed by atoms with van der Waals surface area (Å²) in [6.45, 7) is 1.07. The molecule has 0 aromatic rings. The van der Waals surface area contributed by atoms with Gasteiger partial charge in [-0.2, -0.15) is 4.90 Å². The van der Waals surface area contributed by atoms with E-state index in [-0.39, 0.29) is 5.91 Å². The first kappa shape index (κ1) is 11.4. The van der Waals surface area contributed by atoms with Crippen LogP contribution in [-0.2, 0) is 4.79 Å². The number of carbonyl (C=O) groups excluding carboxylic acids is 1. The molecule has 12 heavy (non-hydrogen) atoms. The second kappa shape index (κ2) is 6.00. The van der Waals surface area contributed by atoms with Gasteiger partial charge < -0.3 is 4.90 Å². The van der Waals surface area contributed by atoms with Crippen molar-refractivity contribution < 1.29 is 4.79 Å². The fourth-order valence-corrected chi connectivity index (χ4v) is 0.928. The molecule has 0 aliphatic heterocycles. The first-order valence-corrected chi connectivity index (χ1v) is 4.39. The van der Waals surface area contributed by atoms with Gasteiger partial charge >= 0.3 is 0 Å². The van der Waals surface area contributed by atoms with Gasteiger partial charge in [0.05, 0.1) is 0 Å². The van der Waals surface area contributed by atoms with Crippen LogP contribution in [0.15, 0.2) is 0 Å². The Labute approximate surface area is 75.3 Å². The Hall–Kier alpha value is -0.570. The fourth-order valence-electron chi connectivity index (χ4n) is 0.928. The Bertz CT molecular complexity index is 132. The van der Waals surface area contributed by atoms with Crippen LogP contribution in [0.25, 0.3) is 0 Å². The third-order valence-electron chi connectivity index (χ3n) is 1.74. The lowest BCUT2D eigenvalue weighted by molar-refractivity contribution is -0.128. The standard InChI is InChI=1S/C9H20N2O/c1-10(2)8-6-5-7-9(12)11(3)4/h5-8H2,1-4H3/q+1. The fraction of sp³-hybridized carbons (Fsp3) is 0.889. The summed E-state index contributed by atoms with van der Waals surface area (Å²) in [5, 5.41) is 0. The van der Waals surface area contributed by atoms with Crippen molar-refractivity contribution in [1.29, 1.82) is 0 Å². The van der Waals surface area contributed by atoms with E-state index in [9.17, 15) is 4.79 Å². The highest BCUT2D eigenvalue weighted by Crippen LogP contribution is 1.97. The van der Waals surface area contributed by atoms with Crippen molar-refractivity contribution >= 4 is 5.91 Å². The maximum atomic E-state index is 11.1. The predicted molar refractivity (Wildman–Crippen MR) is 51.4 cm³/mol. The van der Waals surface area contributed by atoms with Crippen molar-refractivity contribution in [3.05, 3.63) is 0 Å². The van der Waals surface area contributed by atoms with Gasteiger partial charge in [0.25, 0.3) is 0 Å². The van der Waals surface area contributed by atoms with Gasteiger partial charge in [-0.15, -0.1) is 0 Å². The van der Waals surface area contributed by atoms with Crippen LogP contribution in [0.5, 0.6) is 0 Å². The molecule has 0 N–H and O–H groups in total. The minimum absolute atomic E-state index is 0.230. The number of nitrogens with zero attached hydrogens (tertiary/aromatic N) is 2. The van der Waals surface area contributed by atoms with Gasteiger partial charge in [-0.25, -0.2) is 0 Å². The van der Waals surface area contributed by atoms with Gasteiger partial charge in [0.15, 0.2) is 0 Å². The molecule has 0 aromatic carbocycles. The van der Waals surface area contributed by atoms with Crippen molar-refractivity contribution in [2.24, 2.45) is 0 Å². The highest BCUT2D eigenvalue weighted by atomic mass is 16.2. The number of hydrogen-bond donors (Lipinski definition) is 0. The van der Waals surface area contributed by atoms with Crippen molar-refractivity contribution in [3.8, 4) is 0 Å². The van der Waals surface area contributed by atoms with E-state index >= 15 is 0 Å². The molecule has 0 aliphatic carbocycles. The second-order valence-corrected chi connectivity index (χ2v) is 3.55. The van der Waals surface area contributed by atoms with E-state index in [1.165, 1.54) is 0 Å². The monoisotopic (exact) mass is 172 g/mol. The van der Waals surface area contributed by atoms with E-state index in [2.05, 4.69) is 4.90 Å². The molecule has 0 saturated carbocycles. The smallest absolute Gasteiger partial charge is 0.222 e. The van der Waals surface area contributed by atoms with Crippen LogP contribution in [0.1, 0.15) is 19.3 Å². The molecule has 0 rings (SSSR count). The number of hydrogen-bond acceptors (Lipinski definition) is 2. The quantitative estimate of drug-likeness (QED) is 0.441. The van der Waals surface area contributed by atoms with Gasteiger partial charge in [0.2, 0.25) is 5.91 Å². The summed E-state index contributed by atoms with van der Waals surface area (Å²) in [4.78, 5) is 14.9. The Morgan fingerprint density at radius 2 is 1.83 bits per heavy atom. The van der Waals surface area contributed by atoms with Crippen LogP contribution >= 0.6 is 0 Å². The van der Waals surface area contributed by atoms with E-state index in [1.54, 1.807) is 19.0 Å². The summed E-state index contributed by atoms with van der Waals surface area (Å²) < 4.78 is 0. The molecule has 1 radical (unpaired) electrons. The third kappa shape index (κ3) is 6.16. The molecule has 0 bridgehead atoms. The zero-order valence-electron chi connectivity index (χ0n) is 8.63. The van der Waals surface area contributed by atoms with E-state index in [1.807, 2.05) is 14.1 Å². The second-order valence-electron chi connectivity index (χ2n) is 3.55. The zero-order valence-corrected chi connectivity index (χ0v) is 8.63. The highest BCUT2D eigenvalue weighted by Gasteiger charge is 2.04. The highest BCUT2D eigenvalue weighted by molar-refractivity contribution is 5.75. The first-order valence-electron chi connectivity index (χ1n) is 4.39. The van der Waals surface area contributed by atoms with Crippen LogP contribution in [-0.4, -0.2) is 45.5 Å². The Morgan fingerprint density at radius 3 is 2.25 bits per heavy atom. The average Bonchev–Trinajstić information content (AvgIpc) is 1.97. The minimum Gasteiger partial charge on any atom is -0.349 e. The summed E-state index contributed by atoms with van der Waals surface area (Å²) in [7, 11) is 7.70. The molecule has 0 atom stereocenters. The molecule has 3 heteroatoms. The number of unbranched alkanes of at least 4 members (excludes halogenated alkanes) is 1. The van der Waals surface area contributed by atoms with Crippen molar-refractivity contribution in [1.82, 2.24) is 9.80 Å². The average molecular weight is 172 g/mol. The van der Waals surface area contributed by atoms with Crippen LogP contribution in [0.2, 0.25) is 0 Å². The molecule has 0 aliphatic rings. The molecule has 1 amide bonds. The first-order chi connectivity index (χ1) is 5.54. The van der Waals surface area contributed by atoms with E-state index < -0.39 is 0 Å². The Balaban J connectivity index is 3.26. The molecule has 0 fully saturated rings. The molecule has 0 saturated heterocycles. The van der Waals surface area contributed by atoms with Crippen LogP contribution in [0.3, 0.4) is 0 Å². The summed E-state index contributed by atoms with van der Waals surface area (Å²) in [5.74, 6) is 0.230. The molecule has 0 spiro atoms. The van der Waals surface area contributed by atoms with E-state index in [0.29, 0.717) is 6.42 Å². The van der Waals surface area contributed by atoms with Crippen molar-refractivity contribution in [2.45, 2.75) is 19.3 Å². The van der Waals surface area contributed by atoms with Gasteiger partial charge in [-0.05, 0) is 6.42 Å². The maximum absolute atomic E-state index is 11.1. The normalized spacial score (nSPS) is 10.4. The summed E-state index contributed by atoms with van der Waals surface area (Å²) >= 11 is 0. The van der Waals surface area contributed by atoms with Crippen LogP contribution in [0, 0.1) is 0 Å². The zero-order chi connectivity index (χ0) is 9.56. The molecule has 3 nitrogen and oxygen atoms in total. The van der Waals surface area contributed by atoms with Crippen LogP contribution < -0.4 is 4.90 Å². The molecule has 0 unspecified atom stereocenters. The minimum atomic E-state index is 0.230. The maximum Gasteiger partial charge on any atom is 0.222 e. The third-order valence-corrected chi connectivity index (χ3v) is 1.74. The Morgan fingerprint density at radius 1 is 1.25 bits per heavy atom. The Kier molecular flexibility index (Phi) is 5.72. The van der Waals surface area contributed by atoms with Crippen molar-refractivity contribution in [2.75, 3.05) is 34.7 Å². The summed E-state index contributed by atoms with van der Waals surface area (Å²) in [6.07, 6.45) is 2.78. The molecule has 71 valence electrons. The topological polar surface area (TPSA) is 26.2 Å². The van der Waals surface area contributed by atoms with Crippen molar-refractivity contribution in [3.63, 3.8) is 0 Å². The van der Waals surface area contributed by atoms with Gasteiger partial charge in [0.1, 0.15) is 20.6 Å². The lowest BCUT2D eigenvalue weighted by atomic mass is 10.2. The molecular weight excluding hydrogens is 152 g/mol. The molecule has 0 aromatic heterocycles. The van der Waals surface area contributed by atoms with Gasteiger partial charge in [0, 0.05) is 26.9 Å². The van der Waals surface area contributed by atoms with Gasteiger partial charge in [-0.3, -0.25) is 4.79 Å². The van der Waals surface area contributed by atoms with Gasteiger partial charge in [-0.1, -0.05) is 0 Å². The number of rotatable bonds is 5. The summed E-state index contributed by atoms with van der Waals surface area (Å²) in [6, 6.07) is 0. The lowest BCUT2D eigenvalue weighted by Gasteiger charge is -2.09. The molecular formula is C9H20N2O+. The van der Waals surface area contributed by atoms with E-state index in [4.69, 9.17) is 0 Å². The lowest BCUT2D eigenvalue weighted by Crippen LogP contribution is -2.23. The van der Waals surface area contributed by atoms with Crippen LogP contribution in [0.4, 0.5) is 0 Å². The molecule has 0 heterocycles.